The van der Waals surface area contributed by atoms with E-state index >= 15 is 0 Å². The number of hydrogen-bond donors (Lipinski definition) is 2. The highest BCUT2D eigenvalue weighted by molar-refractivity contribution is 5.98. The smallest absolute Gasteiger partial charge is 0.262 e. The number of anilines is 1. The van der Waals surface area contributed by atoms with Crippen molar-refractivity contribution in [1.29, 1.82) is 0 Å². The Morgan fingerprint density at radius 3 is 2.00 bits per heavy atom. The van der Waals surface area contributed by atoms with E-state index in [0.29, 0.717) is 11.3 Å². The molecular formula is C30H28N2O3. The van der Waals surface area contributed by atoms with E-state index < -0.39 is 0 Å². The molecule has 0 fully saturated rings. The lowest BCUT2D eigenvalue weighted by Crippen LogP contribution is -2.30. The Labute approximate surface area is 205 Å². The van der Waals surface area contributed by atoms with Crippen molar-refractivity contribution in [2.24, 2.45) is 0 Å². The molecule has 4 aromatic carbocycles. The van der Waals surface area contributed by atoms with Gasteiger partial charge in [-0.25, -0.2) is 0 Å². The van der Waals surface area contributed by atoms with E-state index in [0.717, 1.165) is 27.9 Å². The van der Waals surface area contributed by atoms with Crippen LogP contribution in [0.25, 0.3) is 0 Å². The zero-order chi connectivity index (χ0) is 24.6. The van der Waals surface area contributed by atoms with Crippen molar-refractivity contribution in [1.82, 2.24) is 5.32 Å². The van der Waals surface area contributed by atoms with Crippen LogP contribution in [0.2, 0.25) is 0 Å². The maximum atomic E-state index is 13.3. The van der Waals surface area contributed by atoms with Crippen LogP contribution >= 0.6 is 0 Å². The molecule has 0 spiro atoms. The molecule has 4 aromatic rings. The van der Waals surface area contributed by atoms with Crippen molar-refractivity contribution in [2.75, 3.05) is 11.9 Å². The zero-order valence-electron chi connectivity index (χ0n) is 19.8. The third-order valence-corrected chi connectivity index (χ3v) is 5.91. The Kier molecular flexibility index (Phi) is 7.58. The second kappa shape index (κ2) is 11.2. The van der Waals surface area contributed by atoms with Crippen LogP contribution in [0.5, 0.6) is 5.75 Å². The first-order valence-corrected chi connectivity index (χ1v) is 11.5. The molecule has 176 valence electrons. The Morgan fingerprint density at radius 2 is 1.34 bits per heavy atom. The summed E-state index contributed by atoms with van der Waals surface area (Å²) in [6.07, 6.45) is 0. The van der Waals surface area contributed by atoms with Gasteiger partial charge in [0.15, 0.2) is 6.61 Å². The second-order valence-electron chi connectivity index (χ2n) is 8.31. The van der Waals surface area contributed by atoms with Crippen LogP contribution in [0.4, 0.5) is 5.69 Å². The number of carbonyl (C=O) groups is 2. The Balaban J connectivity index is 1.49. The van der Waals surface area contributed by atoms with Crippen LogP contribution in [0.1, 0.15) is 38.7 Å². The van der Waals surface area contributed by atoms with Gasteiger partial charge in [-0.2, -0.15) is 0 Å². The molecule has 5 nitrogen and oxygen atoms in total. The average molecular weight is 465 g/mol. The van der Waals surface area contributed by atoms with E-state index in [1.807, 2.05) is 92.7 Å². The van der Waals surface area contributed by atoms with E-state index in [-0.39, 0.29) is 24.5 Å². The summed E-state index contributed by atoms with van der Waals surface area (Å²) in [5.41, 5.74) is 5.16. The molecule has 0 bridgehead atoms. The summed E-state index contributed by atoms with van der Waals surface area (Å²) in [4.78, 5) is 25.9. The maximum absolute atomic E-state index is 13.3. The van der Waals surface area contributed by atoms with Crippen LogP contribution in [0.3, 0.4) is 0 Å². The summed E-state index contributed by atoms with van der Waals surface area (Å²) in [6, 6.07) is 32.0. The summed E-state index contributed by atoms with van der Waals surface area (Å²) in [5, 5.41) is 6.01. The molecule has 0 aliphatic heterocycles. The molecule has 0 radical (unpaired) electrons. The van der Waals surface area contributed by atoms with Gasteiger partial charge in [-0.15, -0.1) is 0 Å². The monoisotopic (exact) mass is 464 g/mol. The topological polar surface area (TPSA) is 67.4 Å². The fourth-order valence-electron chi connectivity index (χ4n) is 3.86. The molecule has 0 atom stereocenters. The minimum absolute atomic E-state index is 0.210. The van der Waals surface area contributed by atoms with Gasteiger partial charge in [-0.3, -0.25) is 9.59 Å². The molecule has 0 aliphatic carbocycles. The third-order valence-electron chi connectivity index (χ3n) is 5.91. The zero-order valence-corrected chi connectivity index (χ0v) is 19.8. The van der Waals surface area contributed by atoms with Gasteiger partial charge in [-0.1, -0.05) is 84.9 Å². The predicted molar refractivity (Wildman–Crippen MR) is 139 cm³/mol. The SMILES string of the molecule is Cc1cccc(NC(=O)COc2ccccc2C(=O)NC(c2ccccc2)c2ccccc2)c1C. The van der Waals surface area contributed by atoms with E-state index in [1.54, 1.807) is 24.3 Å². The first-order chi connectivity index (χ1) is 17.0. The van der Waals surface area contributed by atoms with E-state index in [4.69, 9.17) is 4.74 Å². The third kappa shape index (κ3) is 5.95. The fraction of sp³-hybridized carbons (Fsp3) is 0.133. The lowest BCUT2D eigenvalue weighted by molar-refractivity contribution is -0.118. The van der Waals surface area contributed by atoms with Crippen molar-refractivity contribution in [3.8, 4) is 5.75 Å². The molecule has 35 heavy (non-hydrogen) atoms. The van der Waals surface area contributed by atoms with E-state index in [2.05, 4.69) is 10.6 Å². The van der Waals surface area contributed by atoms with Gasteiger partial charge in [0.05, 0.1) is 11.6 Å². The summed E-state index contributed by atoms with van der Waals surface area (Å²) in [7, 11) is 0. The minimum Gasteiger partial charge on any atom is -0.483 e. The first-order valence-electron chi connectivity index (χ1n) is 11.5. The molecule has 0 heterocycles. The van der Waals surface area contributed by atoms with Gasteiger partial charge >= 0.3 is 0 Å². The highest BCUT2D eigenvalue weighted by Crippen LogP contribution is 2.25. The van der Waals surface area contributed by atoms with Crippen LogP contribution in [-0.4, -0.2) is 18.4 Å². The van der Waals surface area contributed by atoms with Gasteiger partial charge in [-0.05, 0) is 54.3 Å². The Hall–Kier alpha value is -4.38. The van der Waals surface area contributed by atoms with Crippen LogP contribution in [0, 0.1) is 13.8 Å². The largest absolute Gasteiger partial charge is 0.483 e. The van der Waals surface area contributed by atoms with Gasteiger partial charge in [0.1, 0.15) is 5.75 Å². The molecular weight excluding hydrogens is 436 g/mol. The summed E-state index contributed by atoms with van der Waals surface area (Å²) in [6.45, 7) is 3.74. The minimum atomic E-state index is -0.328. The summed E-state index contributed by atoms with van der Waals surface area (Å²) in [5.74, 6) is -0.227. The van der Waals surface area contributed by atoms with Gasteiger partial charge in [0.25, 0.3) is 11.8 Å². The van der Waals surface area contributed by atoms with Crippen LogP contribution in [-0.2, 0) is 4.79 Å². The first kappa shape index (κ1) is 23.8. The molecule has 5 heteroatoms. The number of carbonyl (C=O) groups excluding carboxylic acids is 2. The summed E-state index contributed by atoms with van der Waals surface area (Å²) < 4.78 is 5.78. The number of para-hydroxylation sites is 1. The molecule has 2 amide bonds. The lowest BCUT2D eigenvalue weighted by atomic mass is 9.98. The predicted octanol–water partition coefficient (Wildman–Crippen LogP) is 5.84. The molecule has 0 saturated carbocycles. The van der Waals surface area contributed by atoms with Crippen molar-refractivity contribution in [3.05, 3.63) is 131 Å². The lowest BCUT2D eigenvalue weighted by Gasteiger charge is -2.21. The quantitative estimate of drug-likeness (QED) is 0.344. The van der Waals surface area contributed by atoms with Gasteiger partial charge in [0.2, 0.25) is 0 Å². The van der Waals surface area contributed by atoms with Crippen LogP contribution < -0.4 is 15.4 Å². The van der Waals surface area contributed by atoms with E-state index in [1.165, 1.54) is 0 Å². The number of ether oxygens (including phenoxy) is 1. The normalized spacial score (nSPS) is 10.6. The molecule has 0 aliphatic rings. The standard InChI is InChI=1S/C30H28N2O3/c1-21-12-11-18-26(22(21)2)31-28(33)20-35-27-19-10-9-17-25(27)30(34)32-29(23-13-5-3-6-14-23)24-15-7-4-8-16-24/h3-19,29H,20H2,1-2H3,(H,31,33)(H,32,34). The molecule has 0 unspecified atom stereocenters. The Morgan fingerprint density at radius 1 is 0.743 bits per heavy atom. The van der Waals surface area contributed by atoms with Gasteiger partial charge < -0.3 is 15.4 Å². The number of aryl methyl sites for hydroxylation is 1. The molecule has 0 saturated heterocycles. The Bertz CT molecular complexity index is 1260. The van der Waals surface area contributed by atoms with Gasteiger partial charge in [0, 0.05) is 5.69 Å². The number of rotatable bonds is 8. The number of benzene rings is 4. The number of hydrogen-bond acceptors (Lipinski definition) is 3. The molecule has 2 N–H and O–H groups in total. The van der Waals surface area contributed by atoms with Crippen molar-refractivity contribution in [2.45, 2.75) is 19.9 Å². The van der Waals surface area contributed by atoms with E-state index in [9.17, 15) is 9.59 Å². The molecule has 0 aromatic heterocycles. The average Bonchev–Trinajstić information content (AvgIpc) is 2.90. The fourth-order valence-corrected chi connectivity index (χ4v) is 3.86. The molecule has 4 rings (SSSR count). The highest BCUT2D eigenvalue weighted by Gasteiger charge is 2.20. The number of amides is 2. The van der Waals surface area contributed by atoms with Crippen molar-refractivity contribution >= 4 is 17.5 Å². The summed E-state index contributed by atoms with van der Waals surface area (Å²) >= 11 is 0. The van der Waals surface area contributed by atoms with Crippen molar-refractivity contribution < 1.29 is 14.3 Å². The van der Waals surface area contributed by atoms with Crippen molar-refractivity contribution in [3.63, 3.8) is 0 Å². The number of nitrogens with one attached hydrogen (secondary N) is 2. The van der Waals surface area contributed by atoms with Crippen LogP contribution in [0.15, 0.2) is 103 Å². The highest BCUT2D eigenvalue weighted by atomic mass is 16.5. The second-order valence-corrected chi connectivity index (χ2v) is 8.31. The maximum Gasteiger partial charge on any atom is 0.262 e.